The minimum atomic E-state index is -3.59. The molecule has 0 heterocycles. The van der Waals surface area contributed by atoms with E-state index in [0.717, 1.165) is 37.1 Å². The molecule has 0 aliphatic carbocycles. The van der Waals surface area contributed by atoms with Crippen LogP contribution in [0.1, 0.15) is 5.56 Å². The molecule has 0 spiro atoms. The smallest absolute Gasteiger partial charge is 0.209 e. The molecule has 0 saturated carbocycles. The first kappa shape index (κ1) is 28.6. The van der Waals surface area contributed by atoms with Crippen LogP contribution in [0, 0.1) is 0 Å². The van der Waals surface area contributed by atoms with E-state index >= 15 is 4.57 Å². The Morgan fingerprint density at radius 2 is 0.767 bits per heavy atom. The highest BCUT2D eigenvalue weighted by atomic mass is 31.2. The summed E-state index contributed by atoms with van der Waals surface area (Å²) >= 11 is 0. The van der Waals surface area contributed by atoms with Gasteiger partial charge in [0.25, 0.3) is 0 Å². The molecule has 6 aromatic carbocycles. The molecule has 43 heavy (non-hydrogen) atoms. The van der Waals surface area contributed by atoms with Gasteiger partial charge in [0.05, 0.1) is 7.11 Å². The van der Waals surface area contributed by atoms with E-state index in [4.69, 9.17) is 4.74 Å². The van der Waals surface area contributed by atoms with Gasteiger partial charge in [-0.15, -0.1) is 0 Å². The molecule has 4 heteroatoms. The third kappa shape index (κ3) is 5.19. The number of benzene rings is 6. The van der Waals surface area contributed by atoms with Crippen molar-refractivity contribution in [1.29, 1.82) is 0 Å². The maximum atomic E-state index is 16.7. The van der Waals surface area contributed by atoms with Crippen LogP contribution in [0.25, 0.3) is 5.76 Å². The Bertz CT molecular complexity index is 1700. The standard InChI is InChI=1S/C39H33O2P2/c1-41-38(32-20-8-2-9-21-32)39(43(40,36-28-16-6-17-29-36)37-30-18-7-19-31-37)42(33-22-10-3-11-23-33,34-24-12-4-13-25-34)35-26-14-5-15-27-35/h2-31H,1H3/q+1/b39-38+. The summed E-state index contributed by atoms with van der Waals surface area (Å²) in [6, 6.07) is 61.7. The molecule has 0 N–H and O–H groups in total. The summed E-state index contributed by atoms with van der Waals surface area (Å²) in [5, 5.41) is 5.69. The minimum absolute atomic E-state index is 0.640. The zero-order valence-electron chi connectivity index (χ0n) is 24.0. The molecule has 0 aliphatic heterocycles. The molecular weight excluding hydrogens is 562 g/mol. The zero-order chi connectivity index (χ0) is 29.5. The average Bonchev–Trinajstić information content (AvgIpc) is 3.10. The van der Waals surface area contributed by atoms with Crippen LogP contribution in [0.4, 0.5) is 0 Å². The van der Waals surface area contributed by atoms with Crippen molar-refractivity contribution < 1.29 is 9.30 Å². The van der Waals surface area contributed by atoms with Gasteiger partial charge in [-0.25, -0.2) is 0 Å². The van der Waals surface area contributed by atoms with Crippen molar-refractivity contribution in [2.75, 3.05) is 7.11 Å². The number of rotatable bonds is 9. The maximum absolute atomic E-state index is 16.7. The molecule has 0 radical (unpaired) electrons. The van der Waals surface area contributed by atoms with E-state index in [1.807, 2.05) is 97.1 Å². The summed E-state index contributed by atoms with van der Waals surface area (Å²) in [4.78, 5) is 0. The first-order valence-electron chi connectivity index (χ1n) is 14.3. The fourth-order valence-electron chi connectivity index (χ4n) is 5.87. The molecule has 0 aliphatic rings. The van der Waals surface area contributed by atoms with Crippen molar-refractivity contribution >= 4 is 46.7 Å². The van der Waals surface area contributed by atoms with Gasteiger partial charge in [0.15, 0.2) is 18.1 Å². The summed E-state index contributed by atoms with van der Waals surface area (Å²) in [7, 11) is -4.74. The fourth-order valence-corrected chi connectivity index (χ4v) is 15.8. The Morgan fingerprint density at radius 3 is 1.09 bits per heavy atom. The third-order valence-electron chi connectivity index (χ3n) is 7.73. The second kappa shape index (κ2) is 12.8. The van der Waals surface area contributed by atoms with E-state index in [0.29, 0.717) is 5.76 Å². The van der Waals surface area contributed by atoms with E-state index < -0.39 is 14.4 Å². The van der Waals surface area contributed by atoms with Crippen LogP contribution in [0.15, 0.2) is 187 Å². The van der Waals surface area contributed by atoms with Gasteiger partial charge in [0.2, 0.25) is 7.14 Å². The van der Waals surface area contributed by atoms with Crippen molar-refractivity contribution in [3.8, 4) is 0 Å². The number of hydrogen-bond acceptors (Lipinski definition) is 2. The molecule has 0 fully saturated rings. The van der Waals surface area contributed by atoms with Gasteiger partial charge in [-0.2, -0.15) is 0 Å². The number of ether oxygens (including phenoxy) is 1. The van der Waals surface area contributed by atoms with Gasteiger partial charge in [-0.05, 0) is 36.4 Å². The van der Waals surface area contributed by atoms with Gasteiger partial charge < -0.3 is 9.30 Å². The number of hydrogen-bond donors (Lipinski definition) is 0. The lowest BCUT2D eigenvalue weighted by Crippen LogP contribution is -2.35. The third-order valence-corrected chi connectivity index (χ3v) is 16.4. The van der Waals surface area contributed by atoms with Gasteiger partial charge in [-0.1, -0.05) is 146 Å². The molecule has 2 nitrogen and oxygen atoms in total. The van der Waals surface area contributed by atoms with Crippen molar-refractivity contribution in [1.82, 2.24) is 0 Å². The first-order valence-corrected chi connectivity index (χ1v) is 17.8. The Hall–Kier alpha value is -4.48. The second-order valence-corrected chi connectivity index (χ2v) is 16.6. The van der Waals surface area contributed by atoms with Crippen LogP contribution < -0.4 is 26.5 Å². The minimum Gasteiger partial charge on any atom is -0.492 e. The van der Waals surface area contributed by atoms with Gasteiger partial charge in [-0.3, -0.25) is 0 Å². The van der Waals surface area contributed by atoms with Crippen LogP contribution in [0.5, 0.6) is 0 Å². The van der Waals surface area contributed by atoms with Crippen molar-refractivity contribution in [3.63, 3.8) is 0 Å². The lowest BCUT2D eigenvalue weighted by atomic mass is 10.2. The first-order chi connectivity index (χ1) is 21.2. The highest BCUT2D eigenvalue weighted by Crippen LogP contribution is 2.77. The van der Waals surface area contributed by atoms with Gasteiger partial charge in [0, 0.05) is 16.2 Å². The fraction of sp³-hybridized carbons (Fsp3) is 0.0256. The monoisotopic (exact) mass is 595 g/mol. The molecule has 0 amide bonds. The summed E-state index contributed by atoms with van der Waals surface area (Å²) in [5.74, 6) is 0.640. The molecule has 210 valence electrons. The predicted octanol–water partition coefficient (Wildman–Crippen LogP) is 7.97. The van der Waals surface area contributed by atoms with E-state index in [9.17, 15) is 0 Å². The summed E-state index contributed by atoms with van der Waals surface area (Å²) in [6.07, 6.45) is 0. The lowest BCUT2D eigenvalue weighted by molar-refractivity contribution is 0.370. The summed E-state index contributed by atoms with van der Waals surface area (Å²) in [5.41, 5.74) is 0.888. The average molecular weight is 596 g/mol. The molecular formula is C39H33O2P2+. The van der Waals surface area contributed by atoms with Crippen LogP contribution >= 0.6 is 14.4 Å². The van der Waals surface area contributed by atoms with Crippen LogP contribution in [-0.2, 0) is 9.30 Å². The number of methoxy groups -OCH3 is 1. The highest BCUT2D eigenvalue weighted by molar-refractivity contribution is 8.10. The SMILES string of the molecule is CO/C(=C(/P(=O)(c1ccccc1)c1ccccc1)[P+](c1ccccc1)(c1ccccc1)c1ccccc1)c1ccccc1. The Kier molecular flexibility index (Phi) is 8.52. The maximum Gasteiger partial charge on any atom is 0.209 e. The van der Waals surface area contributed by atoms with Crippen molar-refractivity contribution in [2.45, 2.75) is 0 Å². The van der Waals surface area contributed by atoms with Crippen LogP contribution in [0.2, 0.25) is 0 Å². The quantitative estimate of drug-likeness (QED) is 0.125. The zero-order valence-corrected chi connectivity index (χ0v) is 25.8. The van der Waals surface area contributed by atoms with Gasteiger partial charge >= 0.3 is 0 Å². The second-order valence-electron chi connectivity index (χ2n) is 10.2. The molecule has 0 unspecified atom stereocenters. The molecule has 0 aromatic heterocycles. The Balaban J connectivity index is 1.92. The Morgan fingerprint density at radius 1 is 0.465 bits per heavy atom. The summed E-state index contributed by atoms with van der Waals surface area (Å²) < 4.78 is 23.2. The molecule has 0 bridgehead atoms. The highest BCUT2D eigenvalue weighted by Gasteiger charge is 2.59. The van der Waals surface area contributed by atoms with E-state index in [-0.39, 0.29) is 0 Å². The normalized spacial score (nSPS) is 12.3. The van der Waals surface area contributed by atoms with E-state index in [2.05, 4.69) is 84.9 Å². The molecule has 6 rings (SSSR count). The largest absolute Gasteiger partial charge is 0.492 e. The van der Waals surface area contributed by atoms with E-state index in [1.54, 1.807) is 7.11 Å². The molecule has 0 atom stereocenters. The summed E-state index contributed by atoms with van der Waals surface area (Å²) in [6.45, 7) is 0. The van der Waals surface area contributed by atoms with Crippen LogP contribution in [-0.4, -0.2) is 7.11 Å². The van der Waals surface area contributed by atoms with Crippen molar-refractivity contribution in [3.05, 3.63) is 193 Å². The van der Waals surface area contributed by atoms with Crippen LogP contribution in [0.3, 0.4) is 0 Å². The predicted molar refractivity (Wildman–Crippen MR) is 185 cm³/mol. The topological polar surface area (TPSA) is 26.3 Å². The van der Waals surface area contributed by atoms with E-state index in [1.165, 1.54) is 0 Å². The molecule has 6 aromatic rings. The Labute approximate surface area is 255 Å². The van der Waals surface area contributed by atoms with Gasteiger partial charge in [0.1, 0.15) is 15.9 Å². The van der Waals surface area contributed by atoms with Crippen molar-refractivity contribution in [2.24, 2.45) is 0 Å². The molecule has 0 saturated heterocycles. The lowest BCUT2D eigenvalue weighted by Gasteiger charge is -2.35.